The molecule has 1 amide bonds. The van der Waals surface area contributed by atoms with E-state index in [1.807, 2.05) is 4.90 Å². The molecule has 2 aliphatic heterocycles. The molecule has 0 radical (unpaired) electrons. The molecular formula is C13H22N2O3. The molecular weight excluding hydrogens is 232 g/mol. The summed E-state index contributed by atoms with van der Waals surface area (Å²) in [4.78, 5) is 16.6. The fourth-order valence-electron chi connectivity index (χ4n) is 3.28. The first-order valence-electron chi connectivity index (χ1n) is 6.94. The standard InChI is InChI=1S/C13H22N2O3/c1-14-6-3-11-10(9-14)15(7-8-18-11)12(16)13(17)4-2-5-13/h10-11,17H,2-9H2,1H3/t10-,11-/m1/s1. The SMILES string of the molecule is CN1CC[C@H]2OCCN(C(=O)C3(O)CCC3)[C@@H]2C1. The van der Waals surface area contributed by atoms with Crippen molar-refractivity contribution in [1.82, 2.24) is 9.80 Å². The summed E-state index contributed by atoms with van der Waals surface area (Å²) >= 11 is 0. The molecule has 18 heavy (non-hydrogen) atoms. The average Bonchev–Trinajstić information content (AvgIpc) is 2.34. The lowest BCUT2D eigenvalue weighted by atomic mass is 9.78. The van der Waals surface area contributed by atoms with Crippen molar-refractivity contribution in [2.45, 2.75) is 43.4 Å². The van der Waals surface area contributed by atoms with Crippen molar-refractivity contribution < 1.29 is 14.6 Å². The minimum atomic E-state index is -1.07. The van der Waals surface area contributed by atoms with Gasteiger partial charge in [0.05, 0.1) is 18.8 Å². The molecule has 0 aromatic heterocycles. The van der Waals surface area contributed by atoms with Gasteiger partial charge in [-0.15, -0.1) is 0 Å². The van der Waals surface area contributed by atoms with Crippen LogP contribution in [0, 0.1) is 0 Å². The lowest BCUT2D eigenvalue weighted by Crippen LogP contribution is -2.65. The van der Waals surface area contributed by atoms with Gasteiger partial charge < -0.3 is 19.6 Å². The summed E-state index contributed by atoms with van der Waals surface area (Å²) in [6.07, 6.45) is 3.33. The number of morpholine rings is 1. The Bertz CT molecular complexity index is 343. The van der Waals surface area contributed by atoms with E-state index >= 15 is 0 Å². The number of likely N-dealkylation sites (N-methyl/N-ethyl adjacent to an activating group) is 1. The Balaban J connectivity index is 1.75. The second kappa shape index (κ2) is 4.47. The van der Waals surface area contributed by atoms with Crippen LogP contribution in [0.1, 0.15) is 25.7 Å². The number of nitrogens with zero attached hydrogens (tertiary/aromatic N) is 2. The summed E-state index contributed by atoms with van der Waals surface area (Å²) in [5.41, 5.74) is -1.07. The number of carbonyl (C=O) groups is 1. The van der Waals surface area contributed by atoms with Gasteiger partial charge in [-0.2, -0.15) is 0 Å². The lowest BCUT2D eigenvalue weighted by Gasteiger charge is -2.49. The third kappa shape index (κ3) is 1.94. The Morgan fingerprint density at radius 1 is 1.39 bits per heavy atom. The molecule has 3 rings (SSSR count). The van der Waals surface area contributed by atoms with Gasteiger partial charge in [0.1, 0.15) is 5.60 Å². The smallest absolute Gasteiger partial charge is 0.254 e. The van der Waals surface area contributed by atoms with E-state index in [1.165, 1.54) is 0 Å². The monoisotopic (exact) mass is 254 g/mol. The Morgan fingerprint density at radius 3 is 2.83 bits per heavy atom. The Morgan fingerprint density at radius 2 is 2.17 bits per heavy atom. The van der Waals surface area contributed by atoms with Crippen LogP contribution < -0.4 is 0 Å². The molecule has 3 fully saturated rings. The number of hydrogen-bond acceptors (Lipinski definition) is 4. The molecule has 5 heteroatoms. The molecule has 0 aromatic rings. The van der Waals surface area contributed by atoms with Crippen LogP contribution in [0.2, 0.25) is 0 Å². The Labute approximate surface area is 108 Å². The number of carbonyl (C=O) groups excluding carboxylic acids is 1. The minimum Gasteiger partial charge on any atom is -0.380 e. The van der Waals surface area contributed by atoms with E-state index in [0.717, 1.165) is 25.9 Å². The second-order valence-corrected chi connectivity index (χ2v) is 5.91. The highest BCUT2D eigenvalue weighted by Gasteiger charge is 2.48. The maximum atomic E-state index is 12.5. The molecule has 2 saturated heterocycles. The van der Waals surface area contributed by atoms with Crippen LogP contribution in [0.3, 0.4) is 0 Å². The highest BCUT2D eigenvalue weighted by molar-refractivity contribution is 5.86. The molecule has 5 nitrogen and oxygen atoms in total. The molecule has 1 N–H and O–H groups in total. The van der Waals surface area contributed by atoms with E-state index in [-0.39, 0.29) is 18.1 Å². The molecule has 0 aromatic carbocycles. The molecule has 2 atom stereocenters. The Kier molecular flexibility index (Phi) is 3.08. The van der Waals surface area contributed by atoms with E-state index in [1.54, 1.807) is 0 Å². The van der Waals surface area contributed by atoms with Gasteiger partial charge in [0.25, 0.3) is 5.91 Å². The van der Waals surface area contributed by atoms with E-state index in [0.29, 0.717) is 26.0 Å². The fourth-order valence-corrected chi connectivity index (χ4v) is 3.28. The molecule has 0 unspecified atom stereocenters. The predicted molar refractivity (Wildman–Crippen MR) is 66.2 cm³/mol. The summed E-state index contributed by atoms with van der Waals surface area (Å²) in [6.45, 7) is 3.10. The third-order valence-corrected chi connectivity index (χ3v) is 4.63. The van der Waals surface area contributed by atoms with Crippen LogP contribution in [-0.2, 0) is 9.53 Å². The number of aliphatic hydroxyl groups is 1. The minimum absolute atomic E-state index is 0.0673. The molecule has 0 bridgehead atoms. The fraction of sp³-hybridized carbons (Fsp3) is 0.923. The van der Waals surface area contributed by atoms with Gasteiger partial charge in [-0.3, -0.25) is 4.79 Å². The summed E-state index contributed by atoms with van der Waals surface area (Å²) < 4.78 is 5.77. The zero-order valence-corrected chi connectivity index (χ0v) is 11.0. The summed E-state index contributed by atoms with van der Waals surface area (Å²) in [7, 11) is 2.07. The van der Waals surface area contributed by atoms with Crippen molar-refractivity contribution >= 4 is 5.91 Å². The number of likely N-dealkylation sites (tertiary alicyclic amines) is 1. The van der Waals surface area contributed by atoms with Crippen molar-refractivity contribution in [1.29, 1.82) is 0 Å². The maximum absolute atomic E-state index is 12.5. The largest absolute Gasteiger partial charge is 0.380 e. The average molecular weight is 254 g/mol. The van der Waals surface area contributed by atoms with Crippen molar-refractivity contribution in [2.75, 3.05) is 33.3 Å². The van der Waals surface area contributed by atoms with Gasteiger partial charge in [0.15, 0.2) is 0 Å². The topological polar surface area (TPSA) is 53.0 Å². The number of ether oxygens (including phenoxy) is 1. The normalized spacial score (nSPS) is 35.8. The van der Waals surface area contributed by atoms with Crippen molar-refractivity contribution in [3.05, 3.63) is 0 Å². The highest BCUT2D eigenvalue weighted by Crippen LogP contribution is 2.35. The molecule has 0 spiro atoms. The molecule has 2 heterocycles. The number of fused-ring (bicyclic) bond motifs is 1. The number of piperidine rings is 1. The predicted octanol–water partition coefficient (Wildman–Crippen LogP) is -0.167. The highest BCUT2D eigenvalue weighted by atomic mass is 16.5. The number of amides is 1. The Hall–Kier alpha value is -0.650. The molecule has 1 aliphatic carbocycles. The van der Waals surface area contributed by atoms with Crippen LogP contribution in [0.4, 0.5) is 0 Å². The summed E-state index contributed by atoms with van der Waals surface area (Å²) in [5.74, 6) is -0.0673. The van der Waals surface area contributed by atoms with E-state index < -0.39 is 5.60 Å². The first kappa shape index (κ1) is 12.4. The van der Waals surface area contributed by atoms with Crippen LogP contribution in [0.25, 0.3) is 0 Å². The number of hydrogen-bond donors (Lipinski definition) is 1. The molecule has 3 aliphatic rings. The van der Waals surface area contributed by atoms with Gasteiger partial charge in [0.2, 0.25) is 0 Å². The van der Waals surface area contributed by atoms with Gasteiger partial charge in [0, 0.05) is 19.6 Å². The molecule has 1 saturated carbocycles. The summed E-state index contributed by atoms with van der Waals surface area (Å²) in [6, 6.07) is 0.120. The van der Waals surface area contributed by atoms with Gasteiger partial charge in [-0.05, 0) is 32.7 Å². The van der Waals surface area contributed by atoms with E-state index in [9.17, 15) is 9.90 Å². The first-order chi connectivity index (χ1) is 8.60. The first-order valence-corrected chi connectivity index (χ1v) is 6.94. The van der Waals surface area contributed by atoms with Gasteiger partial charge in [-0.25, -0.2) is 0 Å². The van der Waals surface area contributed by atoms with Crippen LogP contribution in [-0.4, -0.2) is 71.8 Å². The van der Waals surface area contributed by atoms with Crippen LogP contribution in [0.5, 0.6) is 0 Å². The van der Waals surface area contributed by atoms with Crippen LogP contribution >= 0.6 is 0 Å². The number of rotatable bonds is 1. The van der Waals surface area contributed by atoms with Gasteiger partial charge >= 0.3 is 0 Å². The van der Waals surface area contributed by atoms with Crippen LogP contribution in [0.15, 0.2) is 0 Å². The van der Waals surface area contributed by atoms with E-state index in [4.69, 9.17) is 4.74 Å². The van der Waals surface area contributed by atoms with Gasteiger partial charge in [-0.1, -0.05) is 0 Å². The van der Waals surface area contributed by atoms with Crippen molar-refractivity contribution in [3.8, 4) is 0 Å². The van der Waals surface area contributed by atoms with Crippen molar-refractivity contribution in [3.63, 3.8) is 0 Å². The quantitative estimate of drug-likeness (QED) is 0.706. The van der Waals surface area contributed by atoms with E-state index in [2.05, 4.69) is 11.9 Å². The lowest BCUT2D eigenvalue weighted by molar-refractivity contribution is -0.177. The molecule has 102 valence electrons. The second-order valence-electron chi connectivity index (χ2n) is 5.91. The zero-order chi connectivity index (χ0) is 12.8. The summed E-state index contributed by atoms with van der Waals surface area (Å²) in [5, 5.41) is 10.2. The van der Waals surface area contributed by atoms with Crippen molar-refractivity contribution in [2.24, 2.45) is 0 Å². The maximum Gasteiger partial charge on any atom is 0.254 e. The zero-order valence-electron chi connectivity index (χ0n) is 11.0. The third-order valence-electron chi connectivity index (χ3n) is 4.63.